The highest BCUT2D eigenvalue weighted by Crippen LogP contribution is 2.14. The number of carboxylic acids is 1. The molecule has 1 heterocycles. The van der Waals surface area contributed by atoms with Crippen LogP contribution in [0.3, 0.4) is 0 Å². The highest BCUT2D eigenvalue weighted by molar-refractivity contribution is 5.96. The summed E-state index contributed by atoms with van der Waals surface area (Å²) < 4.78 is 22.9. The Morgan fingerprint density at radius 3 is 2.62 bits per heavy atom. The number of alkyl halides is 1. The number of halogens is 1. The minimum absolute atomic E-state index is 0.109. The van der Waals surface area contributed by atoms with E-state index in [-0.39, 0.29) is 12.2 Å². The van der Waals surface area contributed by atoms with Crippen LogP contribution in [-0.2, 0) is 17.8 Å². The third-order valence-corrected chi connectivity index (χ3v) is 3.05. The van der Waals surface area contributed by atoms with Crippen LogP contribution in [0.25, 0.3) is 0 Å². The molecule has 0 saturated heterocycles. The van der Waals surface area contributed by atoms with Crippen LogP contribution in [-0.4, -0.2) is 39.8 Å². The van der Waals surface area contributed by atoms with Crippen molar-refractivity contribution in [3.8, 4) is 5.75 Å². The van der Waals surface area contributed by atoms with Gasteiger partial charge in [0.1, 0.15) is 12.4 Å². The fourth-order valence-electron chi connectivity index (χ4n) is 1.75. The second-order valence-electron chi connectivity index (χ2n) is 4.79. The minimum atomic E-state index is -1.57. The molecule has 128 valence electrons. The smallest absolute Gasteiger partial charge is 0.328 e. The van der Waals surface area contributed by atoms with E-state index in [9.17, 15) is 14.0 Å². The zero-order chi connectivity index (χ0) is 17.5. The molecule has 2 rings (SSSR count). The molecule has 2 N–H and O–H groups in total. The number of nitrogens with zero attached hydrogens (tertiary/aromatic N) is 2. The number of rotatable bonds is 8. The SMILES string of the molecule is CCc1nc(COc2ccc(C(=O)NC(CF)C(=O)O)cc2)no1. The van der Waals surface area contributed by atoms with Crippen LogP contribution in [0.15, 0.2) is 28.8 Å². The van der Waals surface area contributed by atoms with E-state index in [0.717, 1.165) is 0 Å². The summed E-state index contributed by atoms with van der Waals surface area (Å²) in [7, 11) is 0. The van der Waals surface area contributed by atoms with E-state index in [1.807, 2.05) is 6.92 Å². The zero-order valence-corrected chi connectivity index (χ0v) is 12.9. The number of nitrogens with one attached hydrogen (secondary N) is 1. The predicted octanol–water partition coefficient (Wildman–Crippen LogP) is 1.36. The number of ether oxygens (including phenoxy) is 1. The number of aryl methyl sites for hydroxylation is 1. The molecule has 0 spiro atoms. The van der Waals surface area contributed by atoms with Crippen molar-refractivity contribution in [3.63, 3.8) is 0 Å². The molecular formula is C15H16FN3O5. The Bertz CT molecular complexity index is 701. The van der Waals surface area contributed by atoms with Crippen molar-refractivity contribution < 1.29 is 28.3 Å². The van der Waals surface area contributed by atoms with E-state index in [4.69, 9.17) is 14.4 Å². The molecule has 0 radical (unpaired) electrons. The third-order valence-electron chi connectivity index (χ3n) is 3.05. The number of carbonyl (C=O) groups excluding carboxylic acids is 1. The Hall–Kier alpha value is -2.97. The van der Waals surface area contributed by atoms with Gasteiger partial charge in [-0.15, -0.1) is 0 Å². The molecular weight excluding hydrogens is 321 g/mol. The molecule has 0 aliphatic carbocycles. The van der Waals surface area contributed by atoms with Gasteiger partial charge in [0.05, 0.1) is 0 Å². The van der Waals surface area contributed by atoms with Crippen molar-refractivity contribution >= 4 is 11.9 Å². The van der Waals surface area contributed by atoms with Gasteiger partial charge in [0, 0.05) is 12.0 Å². The van der Waals surface area contributed by atoms with Crippen LogP contribution in [0, 0.1) is 0 Å². The Labute approximate surface area is 136 Å². The monoisotopic (exact) mass is 337 g/mol. The van der Waals surface area contributed by atoms with Gasteiger partial charge in [-0.25, -0.2) is 9.18 Å². The van der Waals surface area contributed by atoms with E-state index in [2.05, 4.69) is 15.5 Å². The van der Waals surface area contributed by atoms with E-state index in [1.54, 1.807) is 0 Å². The van der Waals surface area contributed by atoms with Crippen LogP contribution in [0.1, 0.15) is 29.0 Å². The molecule has 1 amide bonds. The molecule has 0 bridgehead atoms. The van der Waals surface area contributed by atoms with Gasteiger partial charge in [0.15, 0.2) is 12.6 Å². The molecule has 2 aromatic rings. The van der Waals surface area contributed by atoms with Crippen molar-refractivity contribution in [2.75, 3.05) is 6.67 Å². The lowest BCUT2D eigenvalue weighted by Gasteiger charge is -2.11. The average molecular weight is 337 g/mol. The van der Waals surface area contributed by atoms with Crippen molar-refractivity contribution in [2.45, 2.75) is 26.0 Å². The number of amides is 1. The Morgan fingerprint density at radius 2 is 2.08 bits per heavy atom. The van der Waals surface area contributed by atoms with Crippen LogP contribution in [0.4, 0.5) is 4.39 Å². The minimum Gasteiger partial charge on any atom is -0.485 e. The highest BCUT2D eigenvalue weighted by atomic mass is 19.1. The quantitative estimate of drug-likeness (QED) is 0.747. The summed E-state index contributed by atoms with van der Waals surface area (Å²) in [5.41, 5.74) is 0.190. The van der Waals surface area contributed by atoms with Gasteiger partial charge in [-0.2, -0.15) is 4.98 Å². The Morgan fingerprint density at radius 1 is 1.38 bits per heavy atom. The number of hydrogen-bond acceptors (Lipinski definition) is 6. The summed E-state index contributed by atoms with van der Waals surface area (Å²) in [4.78, 5) is 26.6. The second-order valence-corrected chi connectivity index (χ2v) is 4.79. The summed E-state index contributed by atoms with van der Waals surface area (Å²) in [5.74, 6) is -0.730. The second kappa shape index (κ2) is 8.04. The topological polar surface area (TPSA) is 115 Å². The van der Waals surface area contributed by atoms with Crippen LogP contribution < -0.4 is 10.1 Å². The number of carbonyl (C=O) groups is 2. The van der Waals surface area contributed by atoms with Gasteiger partial charge in [-0.3, -0.25) is 4.79 Å². The van der Waals surface area contributed by atoms with Crippen molar-refractivity contribution in [1.29, 1.82) is 0 Å². The molecule has 1 unspecified atom stereocenters. The van der Waals surface area contributed by atoms with Gasteiger partial charge in [-0.1, -0.05) is 12.1 Å². The van der Waals surface area contributed by atoms with E-state index < -0.39 is 24.6 Å². The van der Waals surface area contributed by atoms with E-state index in [0.29, 0.717) is 23.9 Å². The Kier molecular flexibility index (Phi) is 5.83. The molecule has 0 saturated carbocycles. The first-order valence-electron chi connectivity index (χ1n) is 7.17. The first-order valence-corrected chi connectivity index (χ1v) is 7.17. The molecule has 24 heavy (non-hydrogen) atoms. The lowest BCUT2D eigenvalue weighted by atomic mass is 10.2. The van der Waals surface area contributed by atoms with Gasteiger partial charge < -0.3 is 19.7 Å². The van der Waals surface area contributed by atoms with Crippen molar-refractivity contribution in [3.05, 3.63) is 41.5 Å². The van der Waals surface area contributed by atoms with Crippen LogP contribution in [0.2, 0.25) is 0 Å². The van der Waals surface area contributed by atoms with Gasteiger partial charge in [0.25, 0.3) is 5.91 Å². The predicted molar refractivity (Wildman–Crippen MR) is 79.3 cm³/mol. The number of benzene rings is 1. The summed E-state index contributed by atoms with van der Waals surface area (Å²) in [6, 6.07) is 4.37. The average Bonchev–Trinajstić information content (AvgIpc) is 3.06. The zero-order valence-electron chi connectivity index (χ0n) is 12.9. The van der Waals surface area contributed by atoms with Crippen LogP contribution >= 0.6 is 0 Å². The third kappa shape index (κ3) is 4.51. The van der Waals surface area contributed by atoms with E-state index >= 15 is 0 Å². The summed E-state index contributed by atoms with van der Waals surface area (Å²) in [5, 5.41) is 14.5. The van der Waals surface area contributed by atoms with Gasteiger partial charge >= 0.3 is 5.97 Å². The number of hydrogen-bond donors (Lipinski definition) is 2. The summed E-state index contributed by atoms with van der Waals surface area (Å²) >= 11 is 0. The number of carboxylic acid groups (broad SMARTS) is 1. The fraction of sp³-hybridized carbons (Fsp3) is 0.333. The van der Waals surface area contributed by atoms with Crippen LogP contribution in [0.5, 0.6) is 5.75 Å². The lowest BCUT2D eigenvalue weighted by Crippen LogP contribution is -2.42. The van der Waals surface area contributed by atoms with E-state index in [1.165, 1.54) is 24.3 Å². The maximum Gasteiger partial charge on any atom is 0.328 e. The fourth-order valence-corrected chi connectivity index (χ4v) is 1.75. The maximum atomic E-state index is 12.5. The highest BCUT2D eigenvalue weighted by Gasteiger charge is 2.20. The summed E-state index contributed by atoms with van der Waals surface area (Å²) in [6.07, 6.45) is 0.632. The molecule has 1 aromatic carbocycles. The van der Waals surface area contributed by atoms with Crippen molar-refractivity contribution in [1.82, 2.24) is 15.5 Å². The molecule has 1 aromatic heterocycles. The molecule has 1 atom stereocenters. The molecule has 0 aliphatic rings. The molecule has 0 aliphatic heterocycles. The summed E-state index contributed by atoms with van der Waals surface area (Å²) in [6.45, 7) is 0.810. The first-order chi connectivity index (χ1) is 11.5. The maximum absolute atomic E-state index is 12.5. The normalized spacial score (nSPS) is 11.8. The lowest BCUT2D eigenvalue weighted by molar-refractivity contribution is -0.139. The molecule has 9 heteroatoms. The molecule has 8 nitrogen and oxygen atoms in total. The van der Waals surface area contributed by atoms with Crippen molar-refractivity contribution in [2.24, 2.45) is 0 Å². The first kappa shape index (κ1) is 17.4. The van der Waals surface area contributed by atoms with Gasteiger partial charge in [-0.05, 0) is 24.3 Å². The number of aliphatic carboxylic acids is 1. The Balaban J connectivity index is 1.92. The molecule has 0 fully saturated rings. The number of aromatic nitrogens is 2. The van der Waals surface area contributed by atoms with Gasteiger partial charge in [0.2, 0.25) is 11.7 Å². The largest absolute Gasteiger partial charge is 0.485 e. The standard InChI is InChI=1S/C15H16FN3O5/c1-2-13-18-12(19-24-13)8-23-10-5-3-9(4-6-10)14(20)17-11(7-16)15(21)22/h3-6,11H,2,7-8H2,1H3,(H,17,20)(H,21,22).